The Hall–Kier alpha value is -1.53. The molecule has 0 heterocycles. The van der Waals surface area contributed by atoms with Crippen molar-refractivity contribution >= 4 is 0 Å². The number of rotatable bonds is 5. The molecule has 0 aromatic heterocycles. The van der Waals surface area contributed by atoms with Crippen LogP contribution in [0.15, 0.2) is 24.3 Å². The molecule has 0 aliphatic rings. The van der Waals surface area contributed by atoms with E-state index in [4.69, 9.17) is 10.00 Å². The van der Waals surface area contributed by atoms with Crippen LogP contribution in [0.4, 0.5) is 0 Å². The molecule has 104 valence electrons. The zero-order valence-electron chi connectivity index (χ0n) is 12.5. The quantitative estimate of drug-likeness (QED) is 0.884. The molecule has 0 spiro atoms. The van der Waals surface area contributed by atoms with Crippen molar-refractivity contribution in [3.63, 3.8) is 0 Å². The molecule has 0 saturated carbocycles. The Morgan fingerprint density at radius 1 is 1.21 bits per heavy atom. The molecule has 1 atom stereocenters. The summed E-state index contributed by atoms with van der Waals surface area (Å²) in [6.07, 6.45) is 0. The van der Waals surface area contributed by atoms with Gasteiger partial charge in [0, 0.05) is 6.04 Å². The molecule has 1 N–H and O–H groups in total. The van der Waals surface area contributed by atoms with Crippen LogP contribution in [-0.2, 0) is 5.41 Å². The van der Waals surface area contributed by atoms with Crippen LogP contribution >= 0.6 is 0 Å². The number of nitrogens with one attached hydrogen (secondary N) is 1. The van der Waals surface area contributed by atoms with Crippen molar-refractivity contribution in [3.8, 4) is 11.8 Å². The average molecular weight is 260 g/mol. The number of hydrogen-bond acceptors (Lipinski definition) is 3. The zero-order valence-corrected chi connectivity index (χ0v) is 12.5. The average Bonchev–Trinajstić information content (AvgIpc) is 2.33. The summed E-state index contributed by atoms with van der Waals surface area (Å²) in [4.78, 5) is 0. The molecule has 0 aliphatic carbocycles. The highest BCUT2D eigenvalue weighted by Crippen LogP contribution is 2.24. The third-order valence-electron chi connectivity index (χ3n) is 2.83. The van der Waals surface area contributed by atoms with Crippen molar-refractivity contribution in [1.82, 2.24) is 5.32 Å². The van der Waals surface area contributed by atoms with Gasteiger partial charge in [0.25, 0.3) is 0 Å². The maximum absolute atomic E-state index is 9.01. The van der Waals surface area contributed by atoms with Gasteiger partial charge in [0.2, 0.25) is 0 Å². The molecule has 3 nitrogen and oxygen atoms in total. The second-order valence-electron chi connectivity index (χ2n) is 6.09. The van der Waals surface area contributed by atoms with Gasteiger partial charge in [0.15, 0.2) is 0 Å². The third kappa shape index (κ3) is 5.32. The fourth-order valence-corrected chi connectivity index (χ4v) is 1.76. The fraction of sp³-hybridized carbons (Fsp3) is 0.562. The molecule has 1 aromatic carbocycles. The van der Waals surface area contributed by atoms with Crippen molar-refractivity contribution in [2.45, 2.75) is 52.1 Å². The zero-order chi connectivity index (χ0) is 14.5. The summed E-state index contributed by atoms with van der Waals surface area (Å²) in [6, 6.07) is 10.3. The maximum Gasteiger partial charge on any atom is 0.130 e. The molecule has 3 heteroatoms. The lowest BCUT2D eigenvalue weighted by atomic mass is 9.87. The predicted molar refractivity (Wildman–Crippen MR) is 78.3 cm³/mol. The molecular formula is C16H24N2O. The summed E-state index contributed by atoms with van der Waals surface area (Å²) in [5, 5.41) is 12.2. The Morgan fingerprint density at radius 2 is 1.79 bits per heavy atom. The molecule has 1 rings (SSSR count). The normalized spacial score (nSPS) is 13.1. The van der Waals surface area contributed by atoms with Crippen LogP contribution in [-0.4, -0.2) is 18.7 Å². The molecule has 0 radical (unpaired) electrons. The summed E-state index contributed by atoms with van der Waals surface area (Å²) < 4.78 is 5.64. The van der Waals surface area contributed by atoms with Crippen molar-refractivity contribution in [1.29, 1.82) is 5.26 Å². The van der Waals surface area contributed by atoms with Crippen LogP contribution < -0.4 is 10.1 Å². The fourth-order valence-electron chi connectivity index (χ4n) is 1.76. The second-order valence-corrected chi connectivity index (χ2v) is 6.09. The van der Waals surface area contributed by atoms with Gasteiger partial charge in [-0.2, -0.15) is 5.26 Å². The molecule has 0 amide bonds. The van der Waals surface area contributed by atoms with Gasteiger partial charge in [-0.3, -0.25) is 5.32 Å². The molecule has 0 saturated heterocycles. The van der Waals surface area contributed by atoms with Crippen LogP contribution in [0.1, 0.15) is 40.2 Å². The van der Waals surface area contributed by atoms with Gasteiger partial charge in [0.05, 0.1) is 6.07 Å². The number of nitrogens with zero attached hydrogens (tertiary/aromatic N) is 1. The van der Waals surface area contributed by atoms with Gasteiger partial charge >= 0.3 is 0 Å². The Morgan fingerprint density at radius 3 is 2.21 bits per heavy atom. The number of nitriles is 1. The lowest BCUT2D eigenvalue weighted by Gasteiger charge is -2.19. The lowest BCUT2D eigenvalue weighted by molar-refractivity contribution is 0.282. The molecule has 1 unspecified atom stereocenters. The molecule has 0 fully saturated rings. The number of benzene rings is 1. The van der Waals surface area contributed by atoms with E-state index in [2.05, 4.69) is 44.3 Å². The van der Waals surface area contributed by atoms with Crippen molar-refractivity contribution < 1.29 is 4.74 Å². The van der Waals surface area contributed by atoms with Crippen molar-refractivity contribution in [2.75, 3.05) is 6.61 Å². The number of hydrogen-bond donors (Lipinski definition) is 1. The van der Waals surface area contributed by atoms with Crippen LogP contribution in [0.2, 0.25) is 0 Å². The molecular weight excluding hydrogens is 236 g/mol. The van der Waals surface area contributed by atoms with Gasteiger partial charge in [0.1, 0.15) is 18.4 Å². The van der Waals surface area contributed by atoms with E-state index in [9.17, 15) is 0 Å². The Bertz CT molecular complexity index is 424. The summed E-state index contributed by atoms with van der Waals surface area (Å²) >= 11 is 0. The first-order chi connectivity index (χ1) is 8.82. The van der Waals surface area contributed by atoms with Crippen LogP contribution in [0.25, 0.3) is 0 Å². The monoisotopic (exact) mass is 260 g/mol. The maximum atomic E-state index is 9.01. The van der Waals surface area contributed by atoms with Gasteiger partial charge in [-0.1, -0.05) is 32.9 Å². The largest absolute Gasteiger partial charge is 0.491 e. The predicted octanol–water partition coefficient (Wildman–Crippen LogP) is 3.25. The molecule has 0 bridgehead atoms. The second kappa shape index (κ2) is 6.58. The molecule has 0 aliphatic heterocycles. The van der Waals surface area contributed by atoms with E-state index in [1.807, 2.05) is 26.0 Å². The molecule has 1 aromatic rings. The molecule has 19 heavy (non-hydrogen) atoms. The van der Waals surface area contributed by atoms with E-state index in [1.54, 1.807) is 0 Å². The van der Waals surface area contributed by atoms with Crippen LogP contribution in [0.3, 0.4) is 0 Å². The first kappa shape index (κ1) is 15.5. The van der Waals surface area contributed by atoms with E-state index >= 15 is 0 Å². The van der Waals surface area contributed by atoms with Gasteiger partial charge in [-0.25, -0.2) is 0 Å². The Kier molecular flexibility index (Phi) is 5.38. The van der Waals surface area contributed by atoms with E-state index in [0.717, 1.165) is 5.75 Å². The SMILES string of the molecule is CC(C)NC(C#N)COc1ccc(C(C)(C)C)cc1. The van der Waals surface area contributed by atoms with E-state index in [-0.39, 0.29) is 17.5 Å². The Labute approximate surface area is 116 Å². The van der Waals surface area contributed by atoms with E-state index in [1.165, 1.54) is 5.56 Å². The summed E-state index contributed by atoms with van der Waals surface area (Å²) in [5.74, 6) is 0.804. The number of ether oxygens (including phenoxy) is 1. The topological polar surface area (TPSA) is 45.0 Å². The van der Waals surface area contributed by atoms with Crippen molar-refractivity contribution in [3.05, 3.63) is 29.8 Å². The van der Waals surface area contributed by atoms with Gasteiger partial charge in [-0.15, -0.1) is 0 Å². The van der Waals surface area contributed by atoms with Gasteiger partial charge in [-0.05, 0) is 37.0 Å². The standard InChI is InChI=1S/C16H24N2O/c1-12(2)18-14(10-17)11-19-15-8-6-13(7-9-15)16(3,4)5/h6-9,12,14,18H,11H2,1-5H3. The summed E-state index contributed by atoms with van der Waals surface area (Å²) in [7, 11) is 0. The lowest BCUT2D eigenvalue weighted by Crippen LogP contribution is -2.37. The Balaban J connectivity index is 2.57. The summed E-state index contributed by atoms with van der Waals surface area (Å²) in [5.41, 5.74) is 1.42. The highest BCUT2D eigenvalue weighted by Gasteiger charge is 2.13. The van der Waals surface area contributed by atoms with Gasteiger partial charge < -0.3 is 4.74 Å². The minimum absolute atomic E-state index is 0.146. The first-order valence-electron chi connectivity index (χ1n) is 6.72. The minimum Gasteiger partial charge on any atom is -0.491 e. The van der Waals surface area contributed by atoms with E-state index < -0.39 is 0 Å². The minimum atomic E-state index is -0.276. The van der Waals surface area contributed by atoms with E-state index in [0.29, 0.717) is 6.61 Å². The van der Waals surface area contributed by atoms with Crippen LogP contribution in [0.5, 0.6) is 5.75 Å². The highest BCUT2D eigenvalue weighted by atomic mass is 16.5. The van der Waals surface area contributed by atoms with Crippen LogP contribution in [0, 0.1) is 11.3 Å². The smallest absolute Gasteiger partial charge is 0.130 e. The van der Waals surface area contributed by atoms with Crippen molar-refractivity contribution in [2.24, 2.45) is 0 Å². The third-order valence-corrected chi connectivity index (χ3v) is 2.83. The first-order valence-corrected chi connectivity index (χ1v) is 6.72. The summed E-state index contributed by atoms with van der Waals surface area (Å²) in [6.45, 7) is 10.9. The highest BCUT2D eigenvalue weighted by molar-refractivity contribution is 5.31.